The van der Waals surface area contributed by atoms with E-state index < -0.39 is 16.9 Å². The number of aliphatic hydroxyl groups excluding tert-OH is 1. The highest BCUT2D eigenvalue weighted by molar-refractivity contribution is 5.95. The van der Waals surface area contributed by atoms with Crippen LogP contribution in [-0.2, 0) is 0 Å². The predicted molar refractivity (Wildman–Crippen MR) is 58.5 cm³/mol. The largest absolute Gasteiger partial charge is 0.393 e. The molecule has 1 aromatic heterocycles. The summed E-state index contributed by atoms with van der Waals surface area (Å²) in [7, 11) is 0. The number of nitro groups is 1. The van der Waals surface area contributed by atoms with Crippen LogP contribution in [0.25, 0.3) is 0 Å². The normalized spacial score (nSPS) is 12.1. The van der Waals surface area contributed by atoms with Crippen LogP contribution in [0, 0.1) is 10.1 Å². The number of nitrogens with zero attached hydrogens (tertiary/aromatic N) is 2. The number of carbonyl (C=O) groups excluding carboxylic acids is 1. The Morgan fingerprint density at radius 3 is 3.06 bits per heavy atom. The number of carbonyl (C=O) groups is 1. The fourth-order valence-electron chi connectivity index (χ4n) is 1.23. The minimum absolute atomic E-state index is 0.180. The van der Waals surface area contributed by atoms with Crippen molar-refractivity contribution in [3.05, 3.63) is 22.0 Å². The SMILES string of the molecule is CCC(O)CCNC(=O)c1[nH]ncc1[N+](=O)[O-]. The Morgan fingerprint density at radius 1 is 1.76 bits per heavy atom. The molecular weight excluding hydrogens is 228 g/mol. The van der Waals surface area contributed by atoms with Crippen molar-refractivity contribution in [1.82, 2.24) is 15.5 Å². The van der Waals surface area contributed by atoms with Crippen LogP contribution < -0.4 is 5.32 Å². The molecule has 1 rings (SSSR count). The Balaban J connectivity index is 2.53. The zero-order valence-electron chi connectivity index (χ0n) is 9.34. The van der Waals surface area contributed by atoms with Gasteiger partial charge in [-0.3, -0.25) is 20.0 Å². The molecule has 1 amide bonds. The maximum atomic E-state index is 11.5. The monoisotopic (exact) mass is 242 g/mol. The molecule has 1 atom stereocenters. The number of aromatic nitrogens is 2. The van der Waals surface area contributed by atoms with Crippen LogP contribution >= 0.6 is 0 Å². The lowest BCUT2D eigenvalue weighted by atomic mass is 10.2. The number of H-pyrrole nitrogens is 1. The van der Waals surface area contributed by atoms with Crippen molar-refractivity contribution in [3.8, 4) is 0 Å². The number of hydrogen-bond donors (Lipinski definition) is 3. The lowest BCUT2D eigenvalue weighted by Gasteiger charge is -2.07. The fourth-order valence-corrected chi connectivity index (χ4v) is 1.23. The second-order valence-electron chi connectivity index (χ2n) is 3.49. The van der Waals surface area contributed by atoms with Gasteiger partial charge in [-0.1, -0.05) is 6.92 Å². The number of rotatable bonds is 6. The minimum Gasteiger partial charge on any atom is -0.393 e. The second kappa shape index (κ2) is 5.94. The van der Waals surface area contributed by atoms with E-state index in [1.54, 1.807) is 0 Å². The molecule has 17 heavy (non-hydrogen) atoms. The molecule has 0 aliphatic heterocycles. The standard InChI is InChI=1S/C9H14N4O4/c1-2-6(14)3-4-10-9(15)8-7(13(16)17)5-11-12-8/h5-6,14H,2-4H2,1H3,(H,10,15)(H,11,12). The molecule has 0 aromatic carbocycles. The molecule has 0 saturated heterocycles. The van der Waals surface area contributed by atoms with Gasteiger partial charge in [-0.05, 0) is 12.8 Å². The summed E-state index contributed by atoms with van der Waals surface area (Å²) in [4.78, 5) is 21.4. The molecule has 0 bridgehead atoms. The number of nitrogens with one attached hydrogen (secondary N) is 2. The van der Waals surface area contributed by atoms with Crippen LogP contribution in [0.15, 0.2) is 6.20 Å². The lowest BCUT2D eigenvalue weighted by molar-refractivity contribution is -0.385. The third-order valence-corrected chi connectivity index (χ3v) is 2.28. The second-order valence-corrected chi connectivity index (χ2v) is 3.49. The van der Waals surface area contributed by atoms with Crippen LogP contribution in [0.2, 0.25) is 0 Å². The van der Waals surface area contributed by atoms with Crippen LogP contribution in [0.4, 0.5) is 5.69 Å². The maximum absolute atomic E-state index is 11.5. The summed E-state index contributed by atoms with van der Waals surface area (Å²) in [5, 5.41) is 28.0. The van der Waals surface area contributed by atoms with Gasteiger partial charge in [0.15, 0.2) is 0 Å². The van der Waals surface area contributed by atoms with E-state index in [9.17, 15) is 20.0 Å². The molecule has 3 N–H and O–H groups in total. The first kappa shape index (κ1) is 13.1. The van der Waals surface area contributed by atoms with Crippen molar-refractivity contribution in [2.75, 3.05) is 6.54 Å². The van der Waals surface area contributed by atoms with Gasteiger partial charge >= 0.3 is 5.69 Å². The Bertz CT molecular complexity index is 403. The van der Waals surface area contributed by atoms with Gasteiger partial charge in [0.05, 0.1) is 11.0 Å². The van der Waals surface area contributed by atoms with Gasteiger partial charge in [0.2, 0.25) is 5.69 Å². The molecule has 0 spiro atoms. The van der Waals surface area contributed by atoms with Gasteiger partial charge in [-0.15, -0.1) is 0 Å². The smallest absolute Gasteiger partial charge is 0.319 e. The third kappa shape index (κ3) is 3.52. The molecule has 0 radical (unpaired) electrons. The summed E-state index contributed by atoms with van der Waals surface area (Å²) >= 11 is 0. The molecule has 8 heteroatoms. The molecule has 0 aliphatic rings. The molecule has 8 nitrogen and oxygen atoms in total. The van der Waals surface area contributed by atoms with Gasteiger partial charge in [-0.2, -0.15) is 5.10 Å². The average molecular weight is 242 g/mol. The van der Waals surface area contributed by atoms with E-state index in [4.69, 9.17) is 0 Å². The molecule has 1 heterocycles. The Morgan fingerprint density at radius 2 is 2.47 bits per heavy atom. The molecule has 0 aliphatic carbocycles. The van der Waals surface area contributed by atoms with Crippen LogP contribution in [-0.4, -0.2) is 38.8 Å². The van der Waals surface area contributed by atoms with Crippen molar-refractivity contribution < 1.29 is 14.8 Å². The van der Waals surface area contributed by atoms with Gasteiger partial charge in [0, 0.05) is 6.54 Å². The number of amides is 1. The van der Waals surface area contributed by atoms with Gasteiger partial charge in [-0.25, -0.2) is 0 Å². The highest BCUT2D eigenvalue weighted by Crippen LogP contribution is 2.13. The number of hydrogen-bond acceptors (Lipinski definition) is 5. The summed E-state index contributed by atoms with van der Waals surface area (Å²) in [6.45, 7) is 2.08. The Hall–Kier alpha value is -1.96. The first-order chi connectivity index (χ1) is 8.06. The van der Waals surface area contributed by atoms with Gasteiger partial charge < -0.3 is 10.4 Å². The topological polar surface area (TPSA) is 121 Å². The van der Waals surface area contributed by atoms with Crippen LogP contribution in [0.1, 0.15) is 30.3 Å². The van der Waals surface area contributed by atoms with Crippen molar-refractivity contribution >= 4 is 11.6 Å². The summed E-state index contributed by atoms with van der Waals surface area (Å²) in [6, 6.07) is 0. The van der Waals surface area contributed by atoms with E-state index in [1.165, 1.54) is 0 Å². The summed E-state index contributed by atoms with van der Waals surface area (Å²) in [5.41, 5.74) is -0.542. The molecule has 1 aromatic rings. The van der Waals surface area contributed by atoms with E-state index in [0.29, 0.717) is 12.8 Å². The van der Waals surface area contributed by atoms with Crippen LogP contribution in [0.3, 0.4) is 0 Å². The molecule has 0 saturated carbocycles. The third-order valence-electron chi connectivity index (χ3n) is 2.28. The first-order valence-electron chi connectivity index (χ1n) is 5.20. The lowest BCUT2D eigenvalue weighted by Crippen LogP contribution is -2.27. The van der Waals surface area contributed by atoms with Crippen LogP contribution in [0.5, 0.6) is 0 Å². The summed E-state index contributed by atoms with van der Waals surface area (Å²) in [6.07, 6.45) is 1.51. The van der Waals surface area contributed by atoms with Crippen molar-refractivity contribution in [2.45, 2.75) is 25.9 Å². The highest BCUT2D eigenvalue weighted by atomic mass is 16.6. The molecule has 94 valence electrons. The predicted octanol–water partition coefficient (Wildman–Crippen LogP) is 0.209. The van der Waals surface area contributed by atoms with E-state index in [0.717, 1.165) is 6.20 Å². The van der Waals surface area contributed by atoms with Crippen molar-refractivity contribution in [3.63, 3.8) is 0 Å². The fraction of sp³-hybridized carbons (Fsp3) is 0.556. The molecule has 0 fully saturated rings. The maximum Gasteiger partial charge on any atom is 0.319 e. The van der Waals surface area contributed by atoms with E-state index >= 15 is 0 Å². The van der Waals surface area contributed by atoms with Crippen molar-refractivity contribution in [1.29, 1.82) is 0 Å². The molecule has 1 unspecified atom stereocenters. The molecular formula is C9H14N4O4. The number of aliphatic hydroxyl groups is 1. The number of aromatic amines is 1. The Kier molecular flexibility index (Phi) is 4.58. The van der Waals surface area contributed by atoms with Crippen molar-refractivity contribution in [2.24, 2.45) is 0 Å². The van der Waals surface area contributed by atoms with Gasteiger partial charge in [0.1, 0.15) is 6.20 Å². The van der Waals surface area contributed by atoms with E-state index in [2.05, 4.69) is 15.5 Å². The summed E-state index contributed by atoms with van der Waals surface area (Å²) < 4.78 is 0. The average Bonchev–Trinajstić information content (AvgIpc) is 2.77. The zero-order valence-corrected chi connectivity index (χ0v) is 9.34. The highest BCUT2D eigenvalue weighted by Gasteiger charge is 2.22. The minimum atomic E-state index is -0.681. The Labute approximate surface area is 97.2 Å². The first-order valence-corrected chi connectivity index (χ1v) is 5.20. The zero-order chi connectivity index (χ0) is 12.8. The van der Waals surface area contributed by atoms with Gasteiger partial charge in [0.25, 0.3) is 5.91 Å². The quantitative estimate of drug-likeness (QED) is 0.486. The van der Waals surface area contributed by atoms with E-state index in [-0.39, 0.29) is 17.9 Å². The summed E-state index contributed by atoms with van der Waals surface area (Å²) in [5.74, 6) is -0.600. The van der Waals surface area contributed by atoms with E-state index in [1.807, 2.05) is 6.92 Å².